The number of piperidine rings is 1. The predicted molar refractivity (Wildman–Crippen MR) is 118 cm³/mol. The second-order valence-corrected chi connectivity index (χ2v) is 7.82. The highest BCUT2D eigenvalue weighted by Gasteiger charge is 2.34. The number of likely N-dealkylation sites (tertiary alicyclic amines) is 1. The molecule has 0 aliphatic carbocycles. The van der Waals surface area contributed by atoms with Gasteiger partial charge >= 0.3 is 6.03 Å². The molecule has 1 aliphatic rings. The summed E-state index contributed by atoms with van der Waals surface area (Å²) in [6.45, 7) is 1.28. The molecule has 1 saturated heterocycles. The van der Waals surface area contributed by atoms with E-state index in [1.807, 2.05) is 18.2 Å². The van der Waals surface area contributed by atoms with Crippen molar-refractivity contribution >= 4 is 17.1 Å². The highest BCUT2D eigenvalue weighted by Crippen LogP contribution is 2.36. The Morgan fingerprint density at radius 1 is 1.16 bits per heavy atom. The number of primary amides is 1. The van der Waals surface area contributed by atoms with Crippen molar-refractivity contribution in [2.45, 2.75) is 31.5 Å². The molecule has 2 heterocycles. The Hall–Kier alpha value is -3.46. The summed E-state index contributed by atoms with van der Waals surface area (Å²) in [5.41, 5.74) is 8.41. The first kappa shape index (κ1) is 21.8. The molecule has 2 unspecified atom stereocenters. The maximum absolute atomic E-state index is 13.4. The van der Waals surface area contributed by atoms with Gasteiger partial charge in [-0.15, -0.1) is 0 Å². The molecular weight excluding hydrogens is 413 g/mol. The van der Waals surface area contributed by atoms with E-state index in [9.17, 15) is 9.18 Å². The van der Waals surface area contributed by atoms with Gasteiger partial charge in [0, 0.05) is 25.2 Å². The first-order valence-electron chi connectivity index (χ1n) is 10.4. The van der Waals surface area contributed by atoms with Gasteiger partial charge in [-0.2, -0.15) is 0 Å². The van der Waals surface area contributed by atoms with Crippen LogP contribution in [-0.4, -0.2) is 47.7 Å². The Labute approximate surface area is 185 Å². The molecular formula is C23H26FN5O3. The lowest BCUT2D eigenvalue weighted by atomic mass is 9.94. The van der Waals surface area contributed by atoms with Gasteiger partial charge in [-0.25, -0.2) is 19.2 Å². The number of hydrogen-bond acceptors (Lipinski definition) is 6. The van der Waals surface area contributed by atoms with E-state index < -0.39 is 6.03 Å². The van der Waals surface area contributed by atoms with Crippen molar-refractivity contribution in [3.8, 4) is 11.6 Å². The van der Waals surface area contributed by atoms with Crippen molar-refractivity contribution < 1.29 is 18.7 Å². The highest BCUT2D eigenvalue weighted by molar-refractivity contribution is 5.77. The average molecular weight is 439 g/mol. The Morgan fingerprint density at radius 3 is 2.62 bits per heavy atom. The van der Waals surface area contributed by atoms with Crippen molar-refractivity contribution in [2.75, 3.05) is 20.8 Å². The number of amides is 2. The number of methoxy groups -OCH3 is 2. The number of carbonyl (C=O) groups is 1. The highest BCUT2D eigenvalue weighted by atomic mass is 19.1. The molecule has 32 heavy (non-hydrogen) atoms. The van der Waals surface area contributed by atoms with Crippen molar-refractivity contribution in [3.63, 3.8) is 0 Å². The lowest BCUT2D eigenvalue weighted by Crippen LogP contribution is -2.47. The first-order chi connectivity index (χ1) is 15.5. The fourth-order valence-corrected chi connectivity index (χ4v) is 4.17. The third-order valence-corrected chi connectivity index (χ3v) is 5.73. The van der Waals surface area contributed by atoms with Crippen LogP contribution in [0.25, 0.3) is 11.0 Å². The van der Waals surface area contributed by atoms with Gasteiger partial charge in [-0.1, -0.05) is 12.1 Å². The van der Waals surface area contributed by atoms with Crippen molar-refractivity contribution in [1.29, 1.82) is 0 Å². The number of nitrogens with one attached hydrogen (secondary N) is 1. The van der Waals surface area contributed by atoms with Crippen LogP contribution in [0, 0.1) is 5.82 Å². The molecule has 9 heteroatoms. The summed E-state index contributed by atoms with van der Waals surface area (Å²) >= 11 is 0. The summed E-state index contributed by atoms with van der Waals surface area (Å²) < 4.78 is 24.3. The third kappa shape index (κ3) is 4.72. The van der Waals surface area contributed by atoms with Gasteiger partial charge in [0.15, 0.2) is 0 Å². The van der Waals surface area contributed by atoms with Gasteiger partial charge in [0.2, 0.25) is 5.88 Å². The number of urea groups is 1. The van der Waals surface area contributed by atoms with Gasteiger partial charge in [0.25, 0.3) is 0 Å². The zero-order valence-electron chi connectivity index (χ0n) is 18.0. The van der Waals surface area contributed by atoms with E-state index >= 15 is 0 Å². The van der Waals surface area contributed by atoms with Crippen molar-refractivity contribution in [3.05, 3.63) is 59.5 Å². The van der Waals surface area contributed by atoms with E-state index in [4.69, 9.17) is 20.2 Å². The fourth-order valence-electron chi connectivity index (χ4n) is 4.17. The summed E-state index contributed by atoms with van der Waals surface area (Å²) in [4.78, 5) is 23.3. The minimum Gasteiger partial charge on any atom is -0.497 e. The normalized spacial score (nSPS) is 19.0. The summed E-state index contributed by atoms with van der Waals surface area (Å²) in [6.07, 6.45) is 1.32. The van der Waals surface area contributed by atoms with Crippen molar-refractivity contribution in [2.24, 2.45) is 5.73 Å². The number of fused-ring (bicyclic) bond motifs is 1. The van der Waals surface area contributed by atoms with Crippen LogP contribution >= 0.6 is 0 Å². The van der Waals surface area contributed by atoms with Crippen molar-refractivity contribution in [1.82, 2.24) is 20.2 Å². The second-order valence-electron chi connectivity index (χ2n) is 7.82. The van der Waals surface area contributed by atoms with E-state index in [2.05, 4.69) is 15.2 Å². The van der Waals surface area contributed by atoms with E-state index in [1.165, 1.54) is 12.1 Å². The van der Waals surface area contributed by atoms with Gasteiger partial charge < -0.3 is 20.5 Å². The van der Waals surface area contributed by atoms with E-state index in [0.717, 1.165) is 12.0 Å². The monoisotopic (exact) mass is 439 g/mol. The average Bonchev–Trinajstić information content (AvgIpc) is 2.79. The SMILES string of the molecule is COc1ccc2nc(OC)c(C3CC(NC(N)=O)CCN3Cc3ccc(F)cc3)nc2c1. The molecule has 1 aliphatic heterocycles. The van der Waals surface area contributed by atoms with E-state index in [-0.39, 0.29) is 17.9 Å². The minimum atomic E-state index is -0.554. The Kier molecular flexibility index (Phi) is 6.36. The fraction of sp³-hybridized carbons (Fsp3) is 0.348. The standard InChI is InChI=1S/C23H26FN5O3/c1-31-17-7-8-18-19(12-17)27-21(22(28-18)32-2)20-11-16(26-23(25)30)9-10-29(20)13-14-3-5-15(24)6-4-14/h3-8,12,16,20H,9-11,13H2,1-2H3,(H3,25,26,30). The number of hydrogen-bond donors (Lipinski definition) is 2. The molecule has 2 atom stereocenters. The molecule has 4 rings (SSSR count). The number of halogens is 1. The molecule has 0 radical (unpaired) electrons. The Bertz CT molecular complexity index is 1110. The summed E-state index contributed by atoms with van der Waals surface area (Å²) in [6, 6.07) is 11.1. The van der Waals surface area contributed by atoms with Gasteiger partial charge in [-0.05, 0) is 42.7 Å². The quantitative estimate of drug-likeness (QED) is 0.612. The number of ether oxygens (including phenoxy) is 2. The maximum atomic E-state index is 13.4. The predicted octanol–water partition coefficient (Wildman–Crippen LogP) is 3.16. The smallest absolute Gasteiger partial charge is 0.312 e. The molecule has 8 nitrogen and oxygen atoms in total. The molecule has 0 bridgehead atoms. The number of benzene rings is 2. The molecule has 0 spiro atoms. The summed E-state index contributed by atoms with van der Waals surface area (Å²) in [7, 11) is 3.17. The molecule has 0 saturated carbocycles. The van der Waals surface area contributed by atoms with E-state index in [0.29, 0.717) is 47.9 Å². The van der Waals surface area contributed by atoms with Crippen LogP contribution in [0.15, 0.2) is 42.5 Å². The molecule has 3 N–H and O–H groups in total. The number of rotatable bonds is 6. The third-order valence-electron chi connectivity index (χ3n) is 5.73. The van der Waals surface area contributed by atoms with Crippen LogP contribution in [0.5, 0.6) is 11.6 Å². The lowest BCUT2D eigenvalue weighted by Gasteiger charge is -2.39. The van der Waals surface area contributed by atoms with Crippen LogP contribution in [0.3, 0.4) is 0 Å². The Morgan fingerprint density at radius 2 is 1.94 bits per heavy atom. The molecule has 168 valence electrons. The van der Waals surface area contributed by atoms with Gasteiger partial charge in [0.1, 0.15) is 17.3 Å². The minimum absolute atomic E-state index is 0.102. The number of nitrogens with zero attached hydrogens (tertiary/aromatic N) is 3. The lowest BCUT2D eigenvalue weighted by molar-refractivity contribution is 0.114. The van der Waals surface area contributed by atoms with Crippen LogP contribution in [-0.2, 0) is 6.54 Å². The number of carbonyl (C=O) groups excluding carboxylic acids is 1. The summed E-state index contributed by atoms with van der Waals surface area (Å²) in [5, 5.41) is 2.82. The maximum Gasteiger partial charge on any atom is 0.312 e. The molecule has 1 fully saturated rings. The van der Waals surface area contributed by atoms with Crippen LogP contribution in [0.2, 0.25) is 0 Å². The second kappa shape index (κ2) is 9.35. The molecule has 2 amide bonds. The molecule has 3 aromatic rings. The summed E-state index contributed by atoms with van der Waals surface area (Å²) in [5.74, 6) is 0.838. The molecule has 2 aromatic carbocycles. The van der Waals surface area contributed by atoms with Crippen LogP contribution < -0.4 is 20.5 Å². The molecule has 1 aromatic heterocycles. The topological polar surface area (TPSA) is 103 Å². The van der Waals surface area contributed by atoms with Gasteiger partial charge in [0.05, 0.1) is 31.3 Å². The number of nitrogens with two attached hydrogens (primary N) is 1. The Balaban J connectivity index is 1.73. The van der Waals surface area contributed by atoms with E-state index in [1.54, 1.807) is 26.4 Å². The largest absolute Gasteiger partial charge is 0.497 e. The van der Waals surface area contributed by atoms with Gasteiger partial charge in [-0.3, -0.25) is 4.90 Å². The number of aromatic nitrogens is 2. The zero-order chi connectivity index (χ0) is 22.7. The first-order valence-corrected chi connectivity index (χ1v) is 10.4. The van der Waals surface area contributed by atoms with Crippen LogP contribution in [0.4, 0.5) is 9.18 Å². The van der Waals surface area contributed by atoms with Crippen LogP contribution in [0.1, 0.15) is 30.1 Å². The zero-order valence-corrected chi connectivity index (χ0v) is 18.0.